The molecular weight excluding hydrogens is 913 g/mol. The fourth-order valence-electron chi connectivity index (χ4n) is 6.90. The van der Waals surface area contributed by atoms with E-state index in [0.29, 0.717) is 6.42 Å². The van der Waals surface area contributed by atoms with Gasteiger partial charge in [-0.1, -0.05) is 84.1 Å². The Labute approximate surface area is 411 Å². The average Bonchev–Trinajstić information content (AvgIpc) is 3.30. The minimum atomic E-state index is -1.50. The van der Waals surface area contributed by atoms with E-state index in [1.165, 1.54) is 76.0 Å². The topological polar surface area (TPSA) is 333 Å². The molecule has 0 fully saturated rings. The second kappa shape index (κ2) is 37.2. The van der Waals surface area contributed by atoms with Crippen molar-refractivity contribution >= 4 is 71.0 Å². The van der Waals surface area contributed by atoms with Gasteiger partial charge in [-0.15, -0.1) is 11.8 Å². The maximum absolute atomic E-state index is 13.8. The van der Waals surface area contributed by atoms with Crippen molar-refractivity contribution in [2.24, 2.45) is 16.6 Å². The Morgan fingerprint density at radius 3 is 2.07 bits per heavy atom. The molecule has 0 aliphatic carbocycles. The molecule has 69 heavy (non-hydrogen) atoms. The SMILES string of the molecule is CN=C(NC)NCCCCCCCCCCCCCC/C=C/C(=O)NC(C)C(=O)NC1CCS/C=C\NC(=O)C(CO)NC(=O)CNC(=O)C(CC(C)C)NC(=O)NC(=O)C(CCC(N)=O)NC1=O. The number of carbonyl (C=O) groups excluding carboxylic acids is 9. The fraction of sp³-hybridized carbons (Fsp3) is 0.696. The first-order valence-corrected chi connectivity index (χ1v) is 25.2. The van der Waals surface area contributed by atoms with Gasteiger partial charge in [-0.3, -0.25) is 48.7 Å². The van der Waals surface area contributed by atoms with Crippen molar-refractivity contribution in [3.63, 3.8) is 0 Å². The third-order valence-electron chi connectivity index (χ3n) is 10.8. The van der Waals surface area contributed by atoms with Crippen LogP contribution in [-0.2, 0) is 38.4 Å². The number of nitrogens with one attached hydrogen (secondary N) is 10. The van der Waals surface area contributed by atoms with Crippen LogP contribution < -0.4 is 58.9 Å². The number of allylic oxidation sites excluding steroid dienone is 1. The lowest BCUT2D eigenvalue weighted by molar-refractivity contribution is -0.133. The summed E-state index contributed by atoms with van der Waals surface area (Å²) in [6, 6.07) is -7.63. The molecule has 0 saturated heterocycles. The van der Waals surface area contributed by atoms with Crippen LogP contribution in [0.4, 0.5) is 4.79 Å². The van der Waals surface area contributed by atoms with E-state index in [1.807, 2.05) is 7.05 Å². The summed E-state index contributed by atoms with van der Waals surface area (Å²) in [6.07, 6.45) is 18.5. The van der Waals surface area contributed by atoms with E-state index >= 15 is 0 Å². The summed E-state index contributed by atoms with van der Waals surface area (Å²) in [5, 5.41) is 36.6. The highest BCUT2D eigenvalue weighted by molar-refractivity contribution is 8.02. The number of unbranched alkanes of at least 4 members (excludes halogenated alkanes) is 12. The Morgan fingerprint density at radius 2 is 1.48 bits per heavy atom. The number of amides is 10. The van der Waals surface area contributed by atoms with Crippen LogP contribution in [0, 0.1) is 5.92 Å². The van der Waals surface area contributed by atoms with Gasteiger partial charge in [0.25, 0.3) is 5.91 Å². The lowest BCUT2D eigenvalue weighted by Gasteiger charge is -2.25. The predicted octanol–water partition coefficient (Wildman–Crippen LogP) is 0.707. The number of urea groups is 1. The zero-order chi connectivity index (χ0) is 51.4. The molecule has 0 bridgehead atoms. The molecule has 1 rings (SSSR count). The van der Waals surface area contributed by atoms with Crippen LogP contribution in [0.5, 0.6) is 0 Å². The molecule has 0 aromatic heterocycles. The maximum atomic E-state index is 13.8. The van der Waals surface area contributed by atoms with Crippen molar-refractivity contribution in [1.29, 1.82) is 0 Å². The Morgan fingerprint density at radius 1 is 0.841 bits per heavy atom. The van der Waals surface area contributed by atoms with Gasteiger partial charge in [0.2, 0.25) is 41.4 Å². The van der Waals surface area contributed by atoms with Crippen molar-refractivity contribution in [3.05, 3.63) is 23.8 Å². The molecule has 0 saturated carbocycles. The van der Waals surface area contributed by atoms with Crippen molar-refractivity contribution in [2.45, 2.75) is 160 Å². The highest BCUT2D eigenvalue weighted by atomic mass is 32.2. The Kier molecular flexibility index (Phi) is 33.1. The van der Waals surface area contributed by atoms with Gasteiger partial charge >= 0.3 is 6.03 Å². The van der Waals surface area contributed by atoms with Crippen LogP contribution in [0.25, 0.3) is 0 Å². The molecule has 0 aromatic rings. The zero-order valence-corrected chi connectivity index (χ0v) is 42.0. The van der Waals surface area contributed by atoms with Crippen LogP contribution in [0.3, 0.4) is 0 Å². The third kappa shape index (κ3) is 29.7. The number of aliphatic hydroxyl groups excluding tert-OH is 1. The molecular formula is C46H80N12O10S. The van der Waals surface area contributed by atoms with Crippen molar-refractivity contribution in [1.82, 2.24) is 53.2 Å². The van der Waals surface area contributed by atoms with Gasteiger partial charge in [0.05, 0.1) is 13.2 Å². The van der Waals surface area contributed by atoms with Crippen LogP contribution in [-0.4, -0.2) is 134 Å². The normalized spacial score (nSPS) is 20.4. The molecule has 5 unspecified atom stereocenters. The smallest absolute Gasteiger partial charge is 0.322 e. The minimum absolute atomic E-state index is 0.0417. The summed E-state index contributed by atoms with van der Waals surface area (Å²) >= 11 is 1.12. The summed E-state index contributed by atoms with van der Waals surface area (Å²) in [5.41, 5.74) is 5.33. The number of aliphatic hydroxyl groups is 1. The molecule has 0 aromatic carbocycles. The first kappa shape index (κ1) is 61.3. The van der Waals surface area contributed by atoms with Gasteiger partial charge in [-0.2, -0.15) is 0 Å². The van der Waals surface area contributed by atoms with Crippen molar-refractivity contribution < 1.29 is 48.3 Å². The largest absolute Gasteiger partial charge is 0.394 e. The van der Waals surface area contributed by atoms with Crippen molar-refractivity contribution in [3.8, 4) is 0 Å². The summed E-state index contributed by atoms with van der Waals surface area (Å²) in [7, 11) is 3.61. The zero-order valence-electron chi connectivity index (χ0n) is 41.2. The number of nitrogens with zero attached hydrogens (tertiary/aromatic N) is 1. The van der Waals surface area contributed by atoms with Crippen LogP contribution in [0.15, 0.2) is 28.8 Å². The Balaban J connectivity index is 2.85. The molecule has 23 heteroatoms. The van der Waals surface area contributed by atoms with Gasteiger partial charge in [-0.25, -0.2) is 4.79 Å². The van der Waals surface area contributed by atoms with Crippen molar-refractivity contribution in [2.75, 3.05) is 39.5 Å². The van der Waals surface area contributed by atoms with Gasteiger partial charge < -0.3 is 58.7 Å². The number of nitrogens with two attached hydrogens (primary N) is 1. The van der Waals surface area contributed by atoms with Gasteiger partial charge in [0.1, 0.15) is 30.2 Å². The second-order valence-corrected chi connectivity index (χ2v) is 18.2. The molecule has 1 heterocycles. The number of guanidine groups is 1. The van der Waals surface area contributed by atoms with E-state index in [1.54, 1.807) is 27.0 Å². The highest BCUT2D eigenvalue weighted by Crippen LogP contribution is 2.13. The number of hydrogen-bond donors (Lipinski definition) is 12. The molecule has 0 spiro atoms. The number of imide groups is 1. The summed E-state index contributed by atoms with van der Waals surface area (Å²) in [5.74, 6) is -5.46. The minimum Gasteiger partial charge on any atom is -0.394 e. The highest BCUT2D eigenvalue weighted by Gasteiger charge is 2.31. The Bertz CT molecular complexity index is 1730. The third-order valence-corrected chi connectivity index (χ3v) is 11.6. The number of aliphatic imine (C=N–C) groups is 1. The summed E-state index contributed by atoms with van der Waals surface area (Å²) in [4.78, 5) is 120. The number of hydrogen-bond acceptors (Lipinski definition) is 12. The van der Waals surface area contributed by atoms with E-state index < -0.39 is 96.6 Å². The number of rotatable bonds is 25. The first-order chi connectivity index (χ1) is 33.0. The lowest BCUT2D eigenvalue weighted by Crippen LogP contribution is -2.58. The molecule has 10 amide bonds. The van der Waals surface area contributed by atoms with E-state index in [-0.39, 0.29) is 37.4 Å². The standard InChI is InChI=1S/C46H80N12O10S/c1-31(2)28-35-41(64)52-29-39(62)54-36(30-59)42(65)50-25-27-69-26-23-34(43(66)56-33(21-22-37(47)60)44(67)58-46(68)57-35)55-40(63)32(3)53-38(61)20-18-16-14-12-10-8-6-7-9-11-13-15-17-19-24-51-45(48-4)49-5/h18,20,25,27,31-36,59H,6-17,19,21-24,26,28-30H2,1-5H3,(H2,47,60)(H,50,65)(H,52,64)(H,53,61)(H,54,62)(H,55,63)(H,56,66)(H2,48,49,51)(H2,57,58,67,68)/b20-18+,27-25-. The van der Waals surface area contributed by atoms with Gasteiger partial charge in [0, 0.05) is 33.3 Å². The Hall–Kier alpha value is -5.71. The number of carbonyl (C=O) groups is 9. The summed E-state index contributed by atoms with van der Waals surface area (Å²) < 4.78 is 0. The van der Waals surface area contributed by atoms with E-state index in [2.05, 4.69) is 58.2 Å². The molecule has 22 nitrogen and oxygen atoms in total. The van der Waals surface area contributed by atoms with Crippen LogP contribution in [0.1, 0.15) is 130 Å². The maximum Gasteiger partial charge on any atom is 0.322 e. The number of primary amides is 1. The molecule has 390 valence electrons. The van der Waals surface area contributed by atoms with Crippen LogP contribution >= 0.6 is 11.8 Å². The number of thioether (sulfide) groups is 1. The fourth-order valence-corrected chi connectivity index (χ4v) is 7.57. The van der Waals surface area contributed by atoms with E-state index in [9.17, 15) is 48.3 Å². The first-order valence-electron chi connectivity index (χ1n) is 24.1. The molecule has 1 aliphatic heterocycles. The van der Waals surface area contributed by atoms with E-state index in [0.717, 1.165) is 49.9 Å². The second-order valence-electron chi connectivity index (χ2n) is 17.2. The lowest BCUT2D eigenvalue weighted by atomic mass is 10.0. The summed E-state index contributed by atoms with van der Waals surface area (Å²) in [6.45, 7) is 4.53. The predicted molar refractivity (Wildman–Crippen MR) is 266 cm³/mol. The monoisotopic (exact) mass is 993 g/mol. The molecule has 5 atom stereocenters. The van der Waals surface area contributed by atoms with Gasteiger partial charge in [-0.05, 0) is 68.6 Å². The molecule has 0 radical (unpaired) electrons. The van der Waals surface area contributed by atoms with Gasteiger partial charge in [0.15, 0.2) is 5.96 Å². The average molecular weight is 993 g/mol. The molecule has 13 N–H and O–H groups in total. The quantitative estimate of drug-likeness (QED) is 0.0260. The molecule has 1 aliphatic rings. The van der Waals surface area contributed by atoms with Crippen LogP contribution in [0.2, 0.25) is 0 Å². The van der Waals surface area contributed by atoms with E-state index in [4.69, 9.17) is 5.73 Å².